The zero-order chi connectivity index (χ0) is 18.0. The van der Waals surface area contributed by atoms with Crippen LogP contribution in [0, 0.1) is 0 Å². The van der Waals surface area contributed by atoms with Gasteiger partial charge in [0.1, 0.15) is 5.69 Å². The maximum absolute atomic E-state index is 12.3. The highest BCUT2D eigenvalue weighted by Crippen LogP contribution is 2.26. The van der Waals surface area contributed by atoms with E-state index in [1.54, 1.807) is 0 Å². The van der Waals surface area contributed by atoms with Crippen LogP contribution < -0.4 is 15.9 Å². The highest BCUT2D eigenvalue weighted by atomic mass is 32.2. The summed E-state index contributed by atoms with van der Waals surface area (Å²) in [5, 5.41) is 10.1. The average molecular weight is 358 g/mol. The van der Waals surface area contributed by atoms with E-state index < -0.39 is 10.0 Å². The molecule has 0 saturated carbocycles. The second kappa shape index (κ2) is 7.14. The second-order valence-corrected chi connectivity index (χ2v) is 8.74. The Morgan fingerprint density at radius 1 is 1.29 bits per heavy atom. The fourth-order valence-electron chi connectivity index (χ4n) is 2.88. The van der Waals surface area contributed by atoms with Crippen LogP contribution in [-0.2, 0) is 10.0 Å². The number of hydrogen-bond acceptors (Lipinski definition) is 6. The summed E-state index contributed by atoms with van der Waals surface area (Å²) in [6.45, 7) is 4.79. The largest absolute Gasteiger partial charge is 0.399 e. The summed E-state index contributed by atoms with van der Waals surface area (Å²) < 4.78 is 25.8. The van der Waals surface area contributed by atoms with Crippen molar-refractivity contribution in [3.63, 3.8) is 0 Å². The third-order valence-electron chi connectivity index (χ3n) is 4.66. The molecule has 24 heavy (non-hydrogen) atoms. The Morgan fingerprint density at radius 2 is 1.92 bits per heavy atom. The highest BCUT2D eigenvalue weighted by Gasteiger charge is 2.29. The molecule has 1 heterocycles. The summed E-state index contributed by atoms with van der Waals surface area (Å²) in [4.78, 5) is 2.27. The van der Waals surface area contributed by atoms with Gasteiger partial charge in [0, 0.05) is 25.2 Å². The lowest BCUT2D eigenvalue weighted by atomic mass is 10.2. The number of quaternary nitrogens is 1. The van der Waals surface area contributed by atoms with Crippen LogP contribution in [0.5, 0.6) is 0 Å². The van der Waals surface area contributed by atoms with E-state index in [-0.39, 0.29) is 21.6 Å². The molecule has 8 nitrogen and oxygen atoms in total. The van der Waals surface area contributed by atoms with Crippen molar-refractivity contribution >= 4 is 27.1 Å². The van der Waals surface area contributed by atoms with Gasteiger partial charge >= 0.3 is 0 Å². The smallest absolute Gasteiger partial charge is 0.257 e. The molecule has 1 saturated heterocycles. The number of rotatable bonds is 6. The Kier molecular flexibility index (Phi) is 5.59. The molecule has 0 aliphatic carbocycles. The third-order valence-corrected chi connectivity index (χ3v) is 6.19. The molecule has 0 bridgehead atoms. The zero-order valence-corrected chi connectivity index (χ0v) is 15.2. The first-order valence-electron chi connectivity index (χ1n) is 8.02. The number of piperazine rings is 1. The van der Waals surface area contributed by atoms with Crippen molar-refractivity contribution in [1.82, 2.24) is 4.90 Å². The molecule has 0 amide bonds. The summed E-state index contributed by atoms with van der Waals surface area (Å²) in [6.07, 6.45) is 0.481. The van der Waals surface area contributed by atoms with Gasteiger partial charge in [-0.25, -0.2) is 8.42 Å². The Hall–Kier alpha value is -1.55. The predicted molar refractivity (Wildman–Crippen MR) is 96.2 cm³/mol. The number of nitrogens with zero attached hydrogens (tertiary/aromatic N) is 3. The number of nitrogens with two attached hydrogens (primary N) is 2. The monoisotopic (exact) mass is 358 g/mol. The molecule has 0 atom stereocenters. The van der Waals surface area contributed by atoms with Crippen LogP contribution in [0.2, 0.25) is 0 Å². The SMILES string of the molecule is CN1CC[N+](C)(CCCS(=O)(=O)N(O)c2ccc(N)cc2N)CC1. The van der Waals surface area contributed by atoms with E-state index in [0.29, 0.717) is 12.1 Å². The van der Waals surface area contributed by atoms with Crippen molar-refractivity contribution in [3.8, 4) is 0 Å². The van der Waals surface area contributed by atoms with Crippen LogP contribution in [0.15, 0.2) is 18.2 Å². The fraction of sp³-hybridized carbons (Fsp3) is 0.600. The van der Waals surface area contributed by atoms with E-state index in [4.69, 9.17) is 11.5 Å². The lowest BCUT2D eigenvalue weighted by Crippen LogP contribution is -2.56. The molecule has 9 heteroatoms. The molecule has 0 radical (unpaired) electrons. The van der Waals surface area contributed by atoms with E-state index in [0.717, 1.165) is 37.2 Å². The molecule has 0 unspecified atom stereocenters. The van der Waals surface area contributed by atoms with Crippen LogP contribution in [0.3, 0.4) is 0 Å². The van der Waals surface area contributed by atoms with Gasteiger partial charge in [-0.15, -0.1) is 4.47 Å². The second-order valence-electron chi connectivity index (χ2n) is 6.82. The van der Waals surface area contributed by atoms with Crippen molar-refractivity contribution < 1.29 is 18.1 Å². The minimum absolute atomic E-state index is 0.0317. The van der Waals surface area contributed by atoms with Gasteiger partial charge in [-0.3, -0.25) is 10.1 Å². The molecular weight excluding hydrogens is 330 g/mol. The van der Waals surface area contributed by atoms with Crippen LogP contribution in [-0.4, -0.2) is 75.6 Å². The average Bonchev–Trinajstić information content (AvgIpc) is 2.50. The van der Waals surface area contributed by atoms with Gasteiger partial charge in [0.05, 0.1) is 38.1 Å². The summed E-state index contributed by atoms with van der Waals surface area (Å²) in [7, 11) is 0.400. The quantitative estimate of drug-likeness (QED) is 0.379. The summed E-state index contributed by atoms with van der Waals surface area (Å²) >= 11 is 0. The maximum Gasteiger partial charge on any atom is 0.257 e. The Labute approximate surface area is 143 Å². The maximum atomic E-state index is 12.3. The van der Waals surface area contributed by atoms with Crippen molar-refractivity contribution in [1.29, 1.82) is 0 Å². The molecule has 1 aromatic carbocycles. The Morgan fingerprint density at radius 3 is 2.50 bits per heavy atom. The molecule has 0 aromatic heterocycles. The molecule has 1 aromatic rings. The molecule has 1 aliphatic rings. The summed E-state index contributed by atoms with van der Waals surface area (Å²) in [6, 6.07) is 4.32. The fourth-order valence-corrected chi connectivity index (χ4v) is 4.02. The molecule has 136 valence electrons. The summed E-state index contributed by atoms with van der Waals surface area (Å²) in [5.41, 5.74) is 11.9. The van der Waals surface area contributed by atoms with Crippen molar-refractivity contribution in [3.05, 3.63) is 18.2 Å². The number of anilines is 3. The molecule has 1 aliphatic heterocycles. The first kappa shape index (κ1) is 18.8. The van der Waals surface area contributed by atoms with Crippen LogP contribution in [0.4, 0.5) is 17.1 Å². The minimum Gasteiger partial charge on any atom is -0.399 e. The number of hydrogen-bond donors (Lipinski definition) is 3. The molecule has 1 fully saturated rings. The number of sulfonamides is 1. The van der Waals surface area contributed by atoms with Gasteiger partial charge in [-0.1, -0.05) is 0 Å². The van der Waals surface area contributed by atoms with Crippen LogP contribution >= 0.6 is 0 Å². The van der Waals surface area contributed by atoms with Gasteiger partial charge in [0.15, 0.2) is 0 Å². The lowest BCUT2D eigenvalue weighted by Gasteiger charge is -2.41. The topological polar surface area (TPSA) is 113 Å². The van der Waals surface area contributed by atoms with Crippen LogP contribution in [0.1, 0.15) is 6.42 Å². The van der Waals surface area contributed by atoms with Gasteiger partial charge in [-0.2, -0.15) is 0 Å². The van der Waals surface area contributed by atoms with Gasteiger partial charge in [0.25, 0.3) is 10.0 Å². The van der Waals surface area contributed by atoms with E-state index in [1.807, 2.05) is 0 Å². The molecule has 2 rings (SSSR count). The third kappa shape index (κ3) is 4.50. The number of nitrogen functional groups attached to an aromatic ring is 2. The normalized spacial score (nSPS) is 18.5. The van der Waals surface area contributed by atoms with E-state index in [1.165, 1.54) is 18.2 Å². The number of likely N-dealkylation sites (N-methyl/N-ethyl adjacent to an activating group) is 2. The van der Waals surface area contributed by atoms with Gasteiger partial charge in [-0.05, 0) is 25.2 Å². The van der Waals surface area contributed by atoms with E-state index in [9.17, 15) is 13.6 Å². The lowest BCUT2D eigenvalue weighted by molar-refractivity contribution is -0.913. The Bertz CT molecular complexity index is 672. The standard InChI is InChI=1S/C15H28N5O3S/c1-18-6-9-20(2,10-7-18)8-3-11-24(22,23)19(21)15-5-4-13(16)12-14(15)17/h4-5,12,21H,3,6-11,16-17H2,1-2H3/q+1. The minimum atomic E-state index is -3.84. The molecule has 0 spiro atoms. The van der Waals surface area contributed by atoms with E-state index in [2.05, 4.69) is 19.0 Å². The zero-order valence-electron chi connectivity index (χ0n) is 14.4. The first-order chi connectivity index (χ1) is 11.1. The number of benzene rings is 1. The first-order valence-corrected chi connectivity index (χ1v) is 9.63. The predicted octanol–water partition coefficient (Wildman–Crippen LogP) is 0.159. The van der Waals surface area contributed by atoms with Gasteiger partial charge < -0.3 is 16.0 Å². The molecular formula is C15H28N5O3S+. The van der Waals surface area contributed by atoms with E-state index >= 15 is 0 Å². The van der Waals surface area contributed by atoms with Crippen molar-refractivity contribution in [2.75, 3.05) is 68.5 Å². The van der Waals surface area contributed by atoms with Crippen LogP contribution in [0.25, 0.3) is 0 Å². The molecule has 5 N–H and O–H groups in total. The van der Waals surface area contributed by atoms with Gasteiger partial charge in [0.2, 0.25) is 0 Å². The van der Waals surface area contributed by atoms with Crippen molar-refractivity contribution in [2.24, 2.45) is 0 Å². The van der Waals surface area contributed by atoms with Crippen molar-refractivity contribution in [2.45, 2.75) is 6.42 Å². The highest BCUT2D eigenvalue weighted by molar-refractivity contribution is 7.92. The Balaban J connectivity index is 1.95. The summed E-state index contributed by atoms with van der Waals surface area (Å²) in [5.74, 6) is -0.128.